The zero-order valence-electron chi connectivity index (χ0n) is 37.5. The van der Waals surface area contributed by atoms with Crippen LogP contribution in [0.1, 0.15) is 206 Å². The summed E-state index contributed by atoms with van der Waals surface area (Å²) in [5.41, 5.74) is 5.38. The standard InChI is InChI=1S/C49H90NO7P/c1-3-5-7-9-11-13-15-17-19-21-22-23-24-25-27-29-31-33-35-37-39-41-44-54-46-48(47-56-58(52,53)55-45-43-50)57-49(51)42-40-38-36-34-32-30-28-26-20-18-16-14-12-10-8-6-4-2/h6,8,12,14,18,20-22,28,30,48H,3-5,7,9-11,13,15-17,19,23-27,29,31-47,50H2,1-2H3,(H,52,53)/b8-6-,14-12-,20-18-,22-21-,30-28-. The predicted octanol–water partition coefficient (Wildman–Crippen LogP) is 14.5. The average molecular weight is 836 g/mol. The van der Waals surface area contributed by atoms with Gasteiger partial charge in [0.15, 0.2) is 0 Å². The highest BCUT2D eigenvalue weighted by Gasteiger charge is 2.25. The third kappa shape index (κ3) is 45.3. The lowest BCUT2D eigenvalue weighted by Crippen LogP contribution is -2.28. The van der Waals surface area contributed by atoms with E-state index in [1.54, 1.807) is 0 Å². The van der Waals surface area contributed by atoms with Gasteiger partial charge in [0.05, 0.1) is 19.8 Å². The van der Waals surface area contributed by atoms with Crippen LogP contribution in [0.2, 0.25) is 0 Å². The highest BCUT2D eigenvalue weighted by molar-refractivity contribution is 7.47. The molecule has 0 fully saturated rings. The summed E-state index contributed by atoms with van der Waals surface area (Å²) < 4.78 is 33.5. The van der Waals surface area contributed by atoms with Crippen LogP contribution in [0.25, 0.3) is 0 Å². The number of carbonyl (C=O) groups excluding carboxylic acids is 1. The van der Waals surface area contributed by atoms with E-state index < -0.39 is 13.9 Å². The van der Waals surface area contributed by atoms with Gasteiger partial charge in [-0.05, 0) is 77.0 Å². The van der Waals surface area contributed by atoms with E-state index in [1.165, 1.54) is 116 Å². The van der Waals surface area contributed by atoms with Gasteiger partial charge in [-0.2, -0.15) is 0 Å². The Kier molecular flexibility index (Phi) is 44.8. The molecule has 0 heterocycles. The monoisotopic (exact) mass is 836 g/mol. The van der Waals surface area contributed by atoms with Crippen molar-refractivity contribution in [2.75, 3.05) is 33.0 Å². The molecule has 0 saturated carbocycles. The number of nitrogens with two attached hydrogens (primary N) is 1. The minimum atomic E-state index is -4.29. The summed E-state index contributed by atoms with van der Waals surface area (Å²) in [6.45, 7) is 4.78. The van der Waals surface area contributed by atoms with Crippen LogP contribution < -0.4 is 5.73 Å². The summed E-state index contributed by atoms with van der Waals surface area (Å²) >= 11 is 0. The maximum atomic E-state index is 12.6. The Balaban J connectivity index is 4.00. The molecule has 58 heavy (non-hydrogen) atoms. The van der Waals surface area contributed by atoms with Gasteiger partial charge in [-0.3, -0.25) is 13.8 Å². The molecule has 338 valence electrons. The molecule has 0 spiro atoms. The molecule has 0 rings (SSSR count). The fourth-order valence-electron chi connectivity index (χ4n) is 6.45. The summed E-state index contributed by atoms with van der Waals surface area (Å²) in [7, 11) is -4.29. The summed E-state index contributed by atoms with van der Waals surface area (Å²) in [5, 5.41) is 0. The Morgan fingerprint density at radius 2 is 0.966 bits per heavy atom. The molecule has 8 nitrogen and oxygen atoms in total. The van der Waals surface area contributed by atoms with Gasteiger partial charge in [-0.25, -0.2) is 4.57 Å². The predicted molar refractivity (Wildman–Crippen MR) is 247 cm³/mol. The number of ether oxygens (including phenoxy) is 2. The molecule has 0 radical (unpaired) electrons. The molecule has 0 aromatic rings. The van der Waals surface area contributed by atoms with Crippen molar-refractivity contribution < 1.29 is 32.8 Å². The molecule has 0 aromatic carbocycles. The zero-order chi connectivity index (χ0) is 42.3. The molecule has 2 unspecified atom stereocenters. The van der Waals surface area contributed by atoms with Crippen molar-refractivity contribution in [3.63, 3.8) is 0 Å². The van der Waals surface area contributed by atoms with E-state index in [9.17, 15) is 14.3 Å². The van der Waals surface area contributed by atoms with E-state index in [0.717, 1.165) is 70.6 Å². The first-order valence-electron chi connectivity index (χ1n) is 23.8. The highest BCUT2D eigenvalue weighted by atomic mass is 31.2. The molecule has 0 aliphatic heterocycles. The van der Waals surface area contributed by atoms with E-state index in [1.807, 2.05) is 0 Å². The molecular weight excluding hydrogens is 746 g/mol. The Labute approximate surface area is 357 Å². The van der Waals surface area contributed by atoms with E-state index in [-0.39, 0.29) is 38.8 Å². The molecule has 2 atom stereocenters. The van der Waals surface area contributed by atoms with Crippen molar-refractivity contribution in [2.45, 2.75) is 213 Å². The number of phosphoric acid groups is 1. The quantitative estimate of drug-likeness (QED) is 0.0269. The third-order valence-corrected chi connectivity index (χ3v) is 10.9. The van der Waals surface area contributed by atoms with Gasteiger partial charge in [-0.15, -0.1) is 0 Å². The fraction of sp³-hybridized carbons (Fsp3) is 0.776. The van der Waals surface area contributed by atoms with E-state index in [0.29, 0.717) is 6.61 Å². The van der Waals surface area contributed by atoms with Crippen molar-refractivity contribution in [3.05, 3.63) is 60.8 Å². The van der Waals surface area contributed by atoms with Crippen LogP contribution in [-0.2, 0) is 27.9 Å². The number of unbranched alkanes of at least 4 members (excludes halogenated alkanes) is 22. The van der Waals surface area contributed by atoms with Gasteiger partial charge in [-0.1, -0.05) is 184 Å². The van der Waals surface area contributed by atoms with Crippen LogP contribution >= 0.6 is 7.82 Å². The molecule has 0 saturated heterocycles. The molecular formula is C49H90NO7P. The summed E-state index contributed by atoms with van der Waals surface area (Å²) in [6.07, 6.45) is 56.8. The first-order chi connectivity index (χ1) is 28.4. The van der Waals surface area contributed by atoms with E-state index >= 15 is 0 Å². The van der Waals surface area contributed by atoms with Crippen molar-refractivity contribution in [2.24, 2.45) is 5.73 Å². The average Bonchev–Trinajstić information content (AvgIpc) is 3.21. The van der Waals surface area contributed by atoms with Crippen molar-refractivity contribution >= 4 is 13.8 Å². The number of carbonyl (C=O) groups is 1. The first kappa shape index (κ1) is 56.2. The SMILES string of the molecule is CC/C=C\C/C=C\C/C=C\C/C=C\CCCCCCC(=O)OC(COCCCCCCCCCCCC/C=C\CCCCCCCCCC)COP(=O)(O)OCCN. The molecule has 0 aliphatic carbocycles. The summed E-state index contributed by atoms with van der Waals surface area (Å²) in [5.74, 6) is -0.354. The van der Waals surface area contributed by atoms with Crippen LogP contribution in [0, 0.1) is 0 Å². The minimum Gasteiger partial charge on any atom is -0.457 e. The number of hydrogen-bond donors (Lipinski definition) is 2. The Morgan fingerprint density at radius 3 is 1.47 bits per heavy atom. The Morgan fingerprint density at radius 1 is 0.534 bits per heavy atom. The first-order valence-corrected chi connectivity index (χ1v) is 25.3. The maximum absolute atomic E-state index is 12.6. The minimum absolute atomic E-state index is 0.0937. The second-order valence-corrected chi connectivity index (χ2v) is 17.0. The number of allylic oxidation sites excluding steroid dienone is 10. The number of rotatable bonds is 45. The normalized spacial score (nSPS) is 13.9. The van der Waals surface area contributed by atoms with Crippen molar-refractivity contribution in [1.82, 2.24) is 0 Å². The van der Waals surface area contributed by atoms with Gasteiger partial charge in [0.2, 0.25) is 0 Å². The van der Waals surface area contributed by atoms with Gasteiger partial charge in [0.25, 0.3) is 0 Å². The molecule has 0 aliphatic rings. The second-order valence-electron chi connectivity index (χ2n) is 15.6. The van der Waals surface area contributed by atoms with Crippen LogP contribution in [0.5, 0.6) is 0 Å². The summed E-state index contributed by atoms with van der Waals surface area (Å²) in [4.78, 5) is 22.5. The third-order valence-electron chi connectivity index (χ3n) is 9.92. The van der Waals surface area contributed by atoms with Crippen molar-refractivity contribution in [1.29, 1.82) is 0 Å². The van der Waals surface area contributed by atoms with Crippen LogP contribution in [-0.4, -0.2) is 49.9 Å². The summed E-state index contributed by atoms with van der Waals surface area (Å²) in [6, 6.07) is 0. The number of esters is 1. The highest BCUT2D eigenvalue weighted by Crippen LogP contribution is 2.43. The van der Waals surface area contributed by atoms with E-state index in [4.69, 9.17) is 24.3 Å². The molecule has 0 amide bonds. The largest absolute Gasteiger partial charge is 0.472 e. The van der Waals surface area contributed by atoms with Crippen LogP contribution in [0.4, 0.5) is 0 Å². The number of hydrogen-bond acceptors (Lipinski definition) is 7. The smallest absolute Gasteiger partial charge is 0.457 e. The Hall–Kier alpha value is -1.80. The lowest BCUT2D eigenvalue weighted by Gasteiger charge is -2.20. The van der Waals surface area contributed by atoms with Crippen molar-refractivity contribution in [3.8, 4) is 0 Å². The zero-order valence-corrected chi connectivity index (χ0v) is 38.4. The van der Waals surface area contributed by atoms with Gasteiger partial charge in [0.1, 0.15) is 6.10 Å². The Bertz CT molecular complexity index is 1070. The maximum Gasteiger partial charge on any atom is 0.472 e. The van der Waals surface area contributed by atoms with Crippen LogP contribution in [0.15, 0.2) is 60.8 Å². The molecule has 0 bridgehead atoms. The molecule has 3 N–H and O–H groups in total. The lowest BCUT2D eigenvalue weighted by atomic mass is 10.1. The molecule has 0 aromatic heterocycles. The topological polar surface area (TPSA) is 117 Å². The van der Waals surface area contributed by atoms with Gasteiger partial charge >= 0.3 is 13.8 Å². The fourth-order valence-corrected chi connectivity index (χ4v) is 7.22. The molecule has 9 heteroatoms. The lowest BCUT2D eigenvalue weighted by molar-refractivity contribution is -0.154. The van der Waals surface area contributed by atoms with E-state index in [2.05, 4.69) is 74.6 Å². The van der Waals surface area contributed by atoms with Gasteiger partial charge in [0, 0.05) is 19.6 Å². The number of phosphoric ester groups is 1. The van der Waals surface area contributed by atoms with Gasteiger partial charge < -0.3 is 20.1 Å². The second kappa shape index (κ2) is 46.3. The van der Waals surface area contributed by atoms with Crippen LogP contribution in [0.3, 0.4) is 0 Å².